The molecule has 0 bridgehead atoms. The predicted molar refractivity (Wildman–Crippen MR) is 246 cm³/mol. The van der Waals surface area contributed by atoms with E-state index < -0.39 is 0 Å². The van der Waals surface area contributed by atoms with Crippen molar-refractivity contribution >= 4 is 45.4 Å². The number of allylic oxidation sites excluding steroid dienone is 2. The third kappa shape index (κ3) is 5.43. The third-order valence-corrected chi connectivity index (χ3v) is 13.3. The number of rotatable bonds is 6. The highest BCUT2D eigenvalue weighted by molar-refractivity contribution is 5.94. The number of nitrogens with zero attached hydrogens (tertiary/aromatic N) is 3. The molecule has 59 heavy (non-hydrogen) atoms. The molecule has 4 heteroatoms. The minimum atomic E-state index is -0.216. The molecule has 7 aromatic carbocycles. The summed E-state index contributed by atoms with van der Waals surface area (Å²) in [6.45, 7) is 9.46. The summed E-state index contributed by atoms with van der Waals surface area (Å²) in [4.78, 5) is 7.16. The summed E-state index contributed by atoms with van der Waals surface area (Å²) in [5.41, 5.74) is 18.1. The van der Waals surface area contributed by atoms with Crippen LogP contribution in [0.25, 0.3) is 16.7 Å². The molecule has 1 heterocycles. The smallest absolute Gasteiger partial charge is 0.144 e. The van der Waals surface area contributed by atoms with Gasteiger partial charge in [0.25, 0.3) is 0 Å². The molecule has 0 amide bonds. The van der Waals surface area contributed by atoms with Gasteiger partial charge in [-0.15, -0.1) is 0 Å². The molecule has 4 aliphatic rings. The summed E-state index contributed by atoms with van der Waals surface area (Å²) in [5.74, 6) is 0.953. The normalized spacial score (nSPS) is 18.5. The van der Waals surface area contributed by atoms with Crippen LogP contribution in [0.15, 0.2) is 188 Å². The zero-order valence-corrected chi connectivity index (χ0v) is 34.2. The van der Waals surface area contributed by atoms with Gasteiger partial charge in [0.05, 0.1) is 11.7 Å². The average Bonchev–Trinajstić information content (AvgIpc) is 3.62. The minimum Gasteiger partial charge on any atom is -0.482 e. The Kier molecular flexibility index (Phi) is 7.87. The molecule has 2 unspecified atom stereocenters. The fourth-order valence-electron chi connectivity index (χ4n) is 10.2. The van der Waals surface area contributed by atoms with E-state index in [4.69, 9.17) is 4.74 Å². The second-order valence-corrected chi connectivity index (χ2v) is 17.4. The standard InChI is InChI=1S/C55H47N3O/c1-54(2)46-30-40(57(36-18-10-6-11-19-36)37-20-12-7-13-21-37)26-28-42(46)44-32-50-52(34-48(44)54)59-53-35-49-45(33-51(53)56(50)5)43-29-27-41(31-47(43)55(49,3)4)58(38-22-14-8-15-23-38)39-24-16-9-17-25-39/h6-35,50,52H,1-5H3. The van der Waals surface area contributed by atoms with Gasteiger partial charge in [0.2, 0.25) is 0 Å². The summed E-state index contributed by atoms with van der Waals surface area (Å²) in [5, 5.41) is 0. The monoisotopic (exact) mass is 765 g/mol. The molecule has 4 nitrogen and oxygen atoms in total. The third-order valence-electron chi connectivity index (χ3n) is 13.3. The minimum absolute atomic E-state index is 0.0624. The molecule has 1 aliphatic heterocycles. The van der Waals surface area contributed by atoms with Gasteiger partial charge in [-0.1, -0.05) is 113 Å². The average molecular weight is 766 g/mol. The van der Waals surface area contributed by atoms with Crippen molar-refractivity contribution in [1.29, 1.82) is 0 Å². The summed E-state index contributed by atoms with van der Waals surface area (Å²) in [6, 6.07) is 61.5. The number of hydrogen-bond donors (Lipinski definition) is 0. The van der Waals surface area contributed by atoms with Crippen molar-refractivity contribution in [2.45, 2.75) is 50.7 Å². The first-order valence-corrected chi connectivity index (χ1v) is 20.8. The molecule has 11 rings (SSSR count). The summed E-state index contributed by atoms with van der Waals surface area (Å²) in [6.07, 6.45) is 4.79. The molecule has 7 aromatic rings. The van der Waals surface area contributed by atoms with E-state index >= 15 is 0 Å². The molecular formula is C55H47N3O. The first-order chi connectivity index (χ1) is 28.7. The Morgan fingerprint density at radius 2 is 0.915 bits per heavy atom. The van der Waals surface area contributed by atoms with Crippen LogP contribution in [0.1, 0.15) is 49.9 Å². The second kappa shape index (κ2) is 13.1. The quantitative estimate of drug-likeness (QED) is 0.168. The fourth-order valence-corrected chi connectivity index (χ4v) is 10.2. The first-order valence-electron chi connectivity index (χ1n) is 20.8. The van der Waals surface area contributed by atoms with Crippen molar-refractivity contribution in [3.63, 3.8) is 0 Å². The van der Waals surface area contributed by atoms with Crippen molar-refractivity contribution in [1.82, 2.24) is 0 Å². The van der Waals surface area contributed by atoms with E-state index in [9.17, 15) is 0 Å². The predicted octanol–water partition coefficient (Wildman–Crippen LogP) is 13.8. The molecule has 0 spiro atoms. The summed E-state index contributed by atoms with van der Waals surface area (Å²) in [7, 11) is 2.24. The van der Waals surface area contributed by atoms with E-state index in [2.05, 4.69) is 231 Å². The van der Waals surface area contributed by atoms with Crippen LogP contribution in [0.3, 0.4) is 0 Å². The Balaban J connectivity index is 0.961. The molecule has 0 fully saturated rings. The Bertz CT molecular complexity index is 2750. The van der Waals surface area contributed by atoms with E-state index in [-0.39, 0.29) is 23.0 Å². The van der Waals surface area contributed by atoms with Crippen LogP contribution >= 0.6 is 0 Å². The van der Waals surface area contributed by atoms with E-state index in [1.807, 2.05) is 0 Å². The zero-order valence-electron chi connectivity index (χ0n) is 34.2. The maximum absolute atomic E-state index is 7.10. The highest BCUT2D eigenvalue weighted by Crippen LogP contribution is 2.57. The molecule has 0 saturated heterocycles. The Labute approximate surface area is 348 Å². The van der Waals surface area contributed by atoms with Gasteiger partial charge in [-0.3, -0.25) is 0 Å². The number of fused-ring (bicyclic) bond motifs is 8. The molecule has 0 saturated carbocycles. The van der Waals surface area contributed by atoms with Crippen LogP contribution in [0.4, 0.5) is 39.8 Å². The first kappa shape index (κ1) is 35.4. The Morgan fingerprint density at radius 1 is 0.458 bits per heavy atom. The lowest BCUT2D eigenvalue weighted by Crippen LogP contribution is -2.47. The Morgan fingerprint density at radius 3 is 1.42 bits per heavy atom. The summed E-state index contributed by atoms with van der Waals surface area (Å²) >= 11 is 0. The Hall–Kier alpha value is -6.78. The van der Waals surface area contributed by atoms with Crippen LogP contribution in [-0.4, -0.2) is 19.2 Å². The SMILES string of the molecule is CN1c2cc3c(cc2OC2C=C4C(=CC21)c1ccc(N(c2ccccc2)c2ccccc2)cc1C4(C)C)C(C)(C)c1cc(N(c2ccccc2)c2ccccc2)ccc1-3. The van der Waals surface area contributed by atoms with Gasteiger partial charge in [-0.2, -0.15) is 0 Å². The molecule has 0 aromatic heterocycles. The molecular weight excluding hydrogens is 719 g/mol. The zero-order chi connectivity index (χ0) is 40.0. The van der Waals surface area contributed by atoms with Gasteiger partial charge in [0, 0.05) is 52.0 Å². The molecule has 0 radical (unpaired) electrons. The highest BCUT2D eigenvalue weighted by Gasteiger charge is 2.46. The molecule has 288 valence electrons. The number of likely N-dealkylation sites (N-methyl/N-ethyl adjacent to an activating group) is 1. The van der Waals surface area contributed by atoms with Gasteiger partial charge >= 0.3 is 0 Å². The van der Waals surface area contributed by atoms with E-state index in [0.717, 1.165) is 45.6 Å². The number of ether oxygens (including phenoxy) is 1. The van der Waals surface area contributed by atoms with Gasteiger partial charge in [-0.05, 0) is 142 Å². The fraction of sp³-hybridized carbons (Fsp3) is 0.164. The lowest BCUT2D eigenvalue weighted by atomic mass is 9.78. The van der Waals surface area contributed by atoms with Crippen LogP contribution in [0.2, 0.25) is 0 Å². The van der Waals surface area contributed by atoms with Crippen molar-refractivity contribution in [3.05, 3.63) is 210 Å². The molecule has 2 atom stereocenters. The maximum Gasteiger partial charge on any atom is 0.144 e. The van der Waals surface area contributed by atoms with Gasteiger partial charge in [-0.25, -0.2) is 0 Å². The van der Waals surface area contributed by atoms with E-state index in [0.29, 0.717) is 0 Å². The number of anilines is 7. The number of para-hydroxylation sites is 4. The van der Waals surface area contributed by atoms with Crippen LogP contribution in [0.5, 0.6) is 5.75 Å². The lowest BCUT2D eigenvalue weighted by molar-refractivity contribution is 0.213. The molecule has 3 aliphatic carbocycles. The second-order valence-electron chi connectivity index (χ2n) is 17.4. The van der Waals surface area contributed by atoms with Crippen LogP contribution in [0, 0.1) is 0 Å². The van der Waals surface area contributed by atoms with Crippen molar-refractivity contribution in [3.8, 4) is 16.9 Å². The highest BCUT2D eigenvalue weighted by atomic mass is 16.5. The van der Waals surface area contributed by atoms with Crippen molar-refractivity contribution in [2.24, 2.45) is 0 Å². The van der Waals surface area contributed by atoms with Crippen molar-refractivity contribution in [2.75, 3.05) is 21.7 Å². The van der Waals surface area contributed by atoms with Gasteiger partial charge in [0.15, 0.2) is 0 Å². The van der Waals surface area contributed by atoms with Gasteiger partial charge < -0.3 is 19.4 Å². The van der Waals surface area contributed by atoms with E-state index in [1.165, 1.54) is 44.5 Å². The topological polar surface area (TPSA) is 19.0 Å². The van der Waals surface area contributed by atoms with Crippen molar-refractivity contribution < 1.29 is 4.74 Å². The van der Waals surface area contributed by atoms with Crippen LogP contribution in [-0.2, 0) is 10.8 Å². The van der Waals surface area contributed by atoms with Gasteiger partial charge in [0.1, 0.15) is 11.9 Å². The summed E-state index contributed by atoms with van der Waals surface area (Å²) < 4.78 is 7.10. The number of hydrogen-bond acceptors (Lipinski definition) is 4. The van der Waals surface area contributed by atoms with E-state index in [1.54, 1.807) is 0 Å². The number of benzene rings is 7. The largest absolute Gasteiger partial charge is 0.482 e. The molecule has 0 N–H and O–H groups in total. The van der Waals surface area contributed by atoms with Crippen LogP contribution < -0.4 is 19.4 Å². The lowest BCUT2D eigenvalue weighted by Gasteiger charge is -2.42. The maximum atomic E-state index is 7.10.